The fourth-order valence-electron chi connectivity index (χ4n) is 2.07. The van der Waals surface area contributed by atoms with E-state index in [4.69, 9.17) is 5.26 Å². The van der Waals surface area contributed by atoms with Gasteiger partial charge in [-0.3, -0.25) is 0 Å². The van der Waals surface area contributed by atoms with Gasteiger partial charge in [-0.25, -0.2) is 0 Å². The predicted octanol–water partition coefficient (Wildman–Crippen LogP) is 3.14. The van der Waals surface area contributed by atoms with Crippen LogP contribution in [0.25, 0.3) is 0 Å². The summed E-state index contributed by atoms with van der Waals surface area (Å²) in [5.74, 6) is 1.96. The second-order valence-electron chi connectivity index (χ2n) is 3.98. The zero-order valence-electron chi connectivity index (χ0n) is 8.17. The van der Waals surface area contributed by atoms with Gasteiger partial charge in [-0.15, -0.1) is 0 Å². The van der Waals surface area contributed by atoms with Gasteiger partial charge in [-0.2, -0.15) is 5.26 Å². The molecule has 3 atom stereocenters. The molecule has 0 N–H and O–H groups in total. The number of nitrogens with zero attached hydrogens (tertiary/aromatic N) is 1. The van der Waals surface area contributed by atoms with Gasteiger partial charge in [-0.05, 0) is 31.1 Å². The summed E-state index contributed by atoms with van der Waals surface area (Å²) in [6.07, 6.45) is 4.20. The number of allylic oxidation sites excluding steroid dienone is 2. The fraction of sp³-hybridized carbons (Fsp3) is 0.727. The predicted molar refractivity (Wildman–Crippen MR) is 50.4 cm³/mol. The summed E-state index contributed by atoms with van der Waals surface area (Å²) in [6.45, 7) is 6.66. The normalized spacial score (nSPS) is 31.0. The molecule has 0 bridgehead atoms. The second-order valence-corrected chi connectivity index (χ2v) is 3.98. The van der Waals surface area contributed by atoms with Gasteiger partial charge >= 0.3 is 0 Å². The molecule has 1 aliphatic rings. The Hall–Kier alpha value is -0.770. The maximum Gasteiger partial charge on any atom is 0.0624 e. The van der Waals surface area contributed by atoms with Crippen molar-refractivity contribution in [3.8, 4) is 6.07 Å². The standard InChI is InChI=1S/C11H17N/c1-8-4-5-11(10(8)3)9(2)6-7-12/h4,9-11H,5-6H2,1-3H3/t9-,10?,11?/m0/s1. The van der Waals surface area contributed by atoms with Crippen molar-refractivity contribution in [1.82, 2.24) is 0 Å². The molecular formula is C11H17N. The van der Waals surface area contributed by atoms with Gasteiger partial charge in [0.25, 0.3) is 0 Å². The summed E-state index contributed by atoms with van der Waals surface area (Å²) in [6, 6.07) is 2.26. The van der Waals surface area contributed by atoms with E-state index in [1.807, 2.05) is 0 Å². The third kappa shape index (κ3) is 1.69. The van der Waals surface area contributed by atoms with Gasteiger partial charge in [0.15, 0.2) is 0 Å². The van der Waals surface area contributed by atoms with Gasteiger partial charge in [0.2, 0.25) is 0 Å². The van der Waals surface area contributed by atoms with Crippen LogP contribution in [0.1, 0.15) is 33.6 Å². The molecular weight excluding hydrogens is 146 g/mol. The largest absolute Gasteiger partial charge is 0.198 e. The Kier molecular flexibility index (Phi) is 2.92. The van der Waals surface area contributed by atoms with Crippen molar-refractivity contribution in [3.05, 3.63) is 11.6 Å². The number of rotatable bonds is 2. The van der Waals surface area contributed by atoms with Crippen molar-refractivity contribution < 1.29 is 0 Å². The quantitative estimate of drug-likeness (QED) is 0.574. The van der Waals surface area contributed by atoms with Crippen molar-refractivity contribution in [1.29, 1.82) is 5.26 Å². The minimum Gasteiger partial charge on any atom is -0.198 e. The Morgan fingerprint density at radius 1 is 1.75 bits per heavy atom. The lowest BCUT2D eigenvalue weighted by atomic mass is 9.82. The molecule has 0 spiro atoms. The third-order valence-corrected chi connectivity index (χ3v) is 3.22. The van der Waals surface area contributed by atoms with E-state index in [9.17, 15) is 0 Å². The lowest BCUT2D eigenvalue weighted by Gasteiger charge is -2.22. The molecule has 0 saturated carbocycles. The first-order valence-electron chi connectivity index (χ1n) is 4.70. The second kappa shape index (κ2) is 3.76. The molecule has 12 heavy (non-hydrogen) atoms. The molecule has 0 aromatic heterocycles. The molecule has 0 heterocycles. The molecule has 1 nitrogen and oxygen atoms in total. The molecule has 0 radical (unpaired) electrons. The SMILES string of the molecule is CC1=CCC([C@@H](C)CC#N)C1C. The zero-order chi connectivity index (χ0) is 9.14. The van der Waals surface area contributed by atoms with Crippen molar-refractivity contribution >= 4 is 0 Å². The fourth-order valence-corrected chi connectivity index (χ4v) is 2.07. The summed E-state index contributed by atoms with van der Waals surface area (Å²) < 4.78 is 0. The van der Waals surface area contributed by atoms with E-state index >= 15 is 0 Å². The monoisotopic (exact) mass is 163 g/mol. The molecule has 1 aliphatic carbocycles. The molecule has 1 rings (SSSR count). The Bertz CT molecular complexity index is 222. The molecule has 0 amide bonds. The van der Waals surface area contributed by atoms with E-state index in [2.05, 4.69) is 32.9 Å². The first-order chi connectivity index (χ1) is 5.66. The first-order valence-corrected chi connectivity index (χ1v) is 4.70. The number of hydrogen-bond donors (Lipinski definition) is 0. The van der Waals surface area contributed by atoms with Gasteiger partial charge in [-0.1, -0.05) is 25.5 Å². The summed E-state index contributed by atoms with van der Waals surface area (Å²) >= 11 is 0. The molecule has 0 aromatic carbocycles. The number of nitriles is 1. The Morgan fingerprint density at radius 3 is 2.83 bits per heavy atom. The van der Waals surface area contributed by atoms with Crippen LogP contribution in [0.2, 0.25) is 0 Å². The van der Waals surface area contributed by atoms with E-state index in [0.29, 0.717) is 24.2 Å². The zero-order valence-corrected chi connectivity index (χ0v) is 8.17. The van der Waals surface area contributed by atoms with Crippen molar-refractivity contribution in [3.63, 3.8) is 0 Å². The van der Waals surface area contributed by atoms with Gasteiger partial charge < -0.3 is 0 Å². The number of hydrogen-bond acceptors (Lipinski definition) is 1. The van der Waals surface area contributed by atoms with Gasteiger partial charge in [0.1, 0.15) is 0 Å². The molecule has 66 valence electrons. The molecule has 1 heteroatoms. The van der Waals surface area contributed by atoms with E-state index < -0.39 is 0 Å². The molecule has 0 fully saturated rings. The highest BCUT2D eigenvalue weighted by molar-refractivity contribution is 5.12. The first kappa shape index (κ1) is 9.32. The Labute approximate surface area is 75.1 Å². The van der Waals surface area contributed by atoms with E-state index in [1.165, 1.54) is 12.0 Å². The highest BCUT2D eigenvalue weighted by Gasteiger charge is 2.27. The topological polar surface area (TPSA) is 23.8 Å². The van der Waals surface area contributed by atoms with E-state index in [0.717, 1.165) is 0 Å². The Morgan fingerprint density at radius 2 is 2.42 bits per heavy atom. The van der Waals surface area contributed by atoms with E-state index in [1.54, 1.807) is 0 Å². The minimum absolute atomic E-state index is 0.554. The van der Waals surface area contributed by atoms with Gasteiger partial charge in [0.05, 0.1) is 6.07 Å². The van der Waals surface area contributed by atoms with Crippen molar-refractivity contribution in [2.75, 3.05) is 0 Å². The smallest absolute Gasteiger partial charge is 0.0624 e. The highest BCUT2D eigenvalue weighted by Crippen LogP contribution is 2.37. The average Bonchev–Trinajstić information content (AvgIpc) is 2.34. The van der Waals surface area contributed by atoms with Crippen LogP contribution in [0.15, 0.2) is 11.6 Å². The maximum absolute atomic E-state index is 8.58. The average molecular weight is 163 g/mol. The highest BCUT2D eigenvalue weighted by atomic mass is 14.3. The lowest BCUT2D eigenvalue weighted by molar-refractivity contribution is 0.310. The summed E-state index contributed by atoms with van der Waals surface area (Å²) in [5, 5.41) is 8.58. The van der Waals surface area contributed by atoms with Crippen molar-refractivity contribution in [2.24, 2.45) is 17.8 Å². The van der Waals surface area contributed by atoms with Crippen LogP contribution in [-0.2, 0) is 0 Å². The van der Waals surface area contributed by atoms with E-state index in [-0.39, 0.29) is 0 Å². The lowest BCUT2D eigenvalue weighted by Crippen LogP contribution is -2.15. The summed E-state index contributed by atoms with van der Waals surface area (Å²) in [5.41, 5.74) is 1.50. The van der Waals surface area contributed by atoms with Crippen molar-refractivity contribution in [2.45, 2.75) is 33.6 Å². The molecule has 2 unspecified atom stereocenters. The van der Waals surface area contributed by atoms with Crippen LogP contribution in [0.4, 0.5) is 0 Å². The maximum atomic E-state index is 8.58. The van der Waals surface area contributed by atoms with Gasteiger partial charge in [0, 0.05) is 6.42 Å². The van der Waals surface area contributed by atoms with Crippen LogP contribution >= 0.6 is 0 Å². The third-order valence-electron chi connectivity index (χ3n) is 3.22. The Balaban J connectivity index is 2.52. The van der Waals surface area contributed by atoms with Crippen LogP contribution in [0, 0.1) is 29.1 Å². The van der Waals surface area contributed by atoms with Crippen LogP contribution in [0.5, 0.6) is 0 Å². The molecule has 0 aromatic rings. The van der Waals surface area contributed by atoms with Crippen LogP contribution in [-0.4, -0.2) is 0 Å². The summed E-state index contributed by atoms with van der Waals surface area (Å²) in [7, 11) is 0. The summed E-state index contributed by atoms with van der Waals surface area (Å²) in [4.78, 5) is 0. The molecule has 0 aliphatic heterocycles. The minimum atomic E-state index is 0.554. The molecule has 0 saturated heterocycles. The van der Waals surface area contributed by atoms with Crippen LogP contribution < -0.4 is 0 Å². The van der Waals surface area contributed by atoms with Crippen LogP contribution in [0.3, 0.4) is 0 Å².